The number of amides is 1. The lowest BCUT2D eigenvalue weighted by Crippen LogP contribution is -2.18. The summed E-state index contributed by atoms with van der Waals surface area (Å²) in [6.45, 7) is 2.72. The maximum Gasteiger partial charge on any atom is 0.337 e. The fourth-order valence-electron chi connectivity index (χ4n) is 2.58. The first-order valence-corrected chi connectivity index (χ1v) is 9.41. The molecule has 0 atom stereocenters. The van der Waals surface area contributed by atoms with Gasteiger partial charge in [-0.25, -0.2) is 10.2 Å². The Hall–Kier alpha value is -3.94. The van der Waals surface area contributed by atoms with Gasteiger partial charge in [-0.1, -0.05) is 19.1 Å². The summed E-state index contributed by atoms with van der Waals surface area (Å²) in [6.07, 6.45) is 2.42. The molecule has 0 aliphatic rings. The Balaban J connectivity index is 1.58. The number of carbonyl (C=O) groups is 2. The van der Waals surface area contributed by atoms with Crippen LogP contribution >= 0.6 is 0 Å². The molecule has 0 fully saturated rings. The summed E-state index contributed by atoms with van der Waals surface area (Å²) in [5, 5.41) is 10.8. The van der Waals surface area contributed by atoms with Crippen molar-refractivity contribution in [3.8, 4) is 17.0 Å². The number of nitrogens with one attached hydrogen (secondary N) is 2. The van der Waals surface area contributed by atoms with E-state index in [0.717, 1.165) is 23.3 Å². The van der Waals surface area contributed by atoms with E-state index >= 15 is 0 Å². The summed E-state index contributed by atoms with van der Waals surface area (Å²) in [5.74, 6) is -0.0351. The van der Waals surface area contributed by atoms with Gasteiger partial charge in [0.1, 0.15) is 11.4 Å². The van der Waals surface area contributed by atoms with E-state index in [4.69, 9.17) is 4.74 Å². The highest BCUT2D eigenvalue weighted by Crippen LogP contribution is 2.21. The standard InChI is InChI=1S/C22H22N4O4/c1-3-12-30-18-10-8-16(9-11-18)19-13-20(25-24-19)21(27)26-23-14-15-4-6-17(7-5-15)22(28)29-2/h4-11,13-14H,3,12H2,1-2H3,(H,24,25)(H,26,27)/b23-14+. The Morgan fingerprint density at radius 1 is 1.13 bits per heavy atom. The predicted octanol–water partition coefficient (Wildman–Crippen LogP) is 3.42. The van der Waals surface area contributed by atoms with Crippen molar-refractivity contribution in [2.24, 2.45) is 5.10 Å². The molecule has 0 radical (unpaired) electrons. The number of hydrazone groups is 1. The third-order valence-corrected chi connectivity index (χ3v) is 4.16. The summed E-state index contributed by atoms with van der Waals surface area (Å²) >= 11 is 0. The molecule has 154 valence electrons. The number of methoxy groups -OCH3 is 1. The molecule has 0 aliphatic heterocycles. The first kappa shape index (κ1) is 20.8. The molecule has 1 amide bonds. The highest BCUT2D eigenvalue weighted by molar-refractivity contribution is 5.94. The van der Waals surface area contributed by atoms with Crippen LogP contribution in [0, 0.1) is 0 Å². The normalized spacial score (nSPS) is 10.7. The fraction of sp³-hybridized carbons (Fsp3) is 0.182. The summed E-state index contributed by atoms with van der Waals surface area (Å²) in [5.41, 5.74) is 5.39. The van der Waals surface area contributed by atoms with Gasteiger partial charge < -0.3 is 9.47 Å². The zero-order chi connectivity index (χ0) is 21.3. The lowest BCUT2D eigenvalue weighted by Gasteiger charge is -2.04. The number of nitrogens with zero attached hydrogens (tertiary/aromatic N) is 2. The van der Waals surface area contributed by atoms with Crippen LogP contribution in [0.2, 0.25) is 0 Å². The number of aromatic nitrogens is 2. The van der Waals surface area contributed by atoms with E-state index in [9.17, 15) is 9.59 Å². The molecule has 0 spiro atoms. The minimum Gasteiger partial charge on any atom is -0.494 e. The van der Waals surface area contributed by atoms with Crippen LogP contribution in [0.5, 0.6) is 5.75 Å². The number of H-pyrrole nitrogens is 1. The minimum absolute atomic E-state index is 0.287. The van der Waals surface area contributed by atoms with E-state index in [1.165, 1.54) is 13.3 Å². The second-order valence-corrected chi connectivity index (χ2v) is 6.35. The first-order valence-electron chi connectivity index (χ1n) is 9.41. The maximum atomic E-state index is 12.3. The highest BCUT2D eigenvalue weighted by Gasteiger charge is 2.10. The molecule has 1 heterocycles. The SMILES string of the molecule is CCCOc1ccc(-c2cc(C(=O)N/N=C/c3ccc(C(=O)OC)cc3)[nH]n2)cc1. The van der Waals surface area contributed by atoms with Crippen molar-refractivity contribution >= 4 is 18.1 Å². The van der Waals surface area contributed by atoms with Crippen molar-refractivity contribution in [3.05, 3.63) is 71.4 Å². The monoisotopic (exact) mass is 406 g/mol. The zero-order valence-corrected chi connectivity index (χ0v) is 16.7. The van der Waals surface area contributed by atoms with Gasteiger partial charge in [-0.3, -0.25) is 9.89 Å². The van der Waals surface area contributed by atoms with E-state index in [-0.39, 0.29) is 5.69 Å². The Kier molecular flexibility index (Phi) is 6.94. The topological polar surface area (TPSA) is 106 Å². The van der Waals surface area contributed by atoms with Crippen molar-refractivity contribution in [2.45, 2.75) is 13.3 Å². The number of hydrogen-bond donors (Lipinski definition) is 2. The van der Waals surface area contributed by atoms with Crippen LogP contribution in [-0.4, -0.2) is 42.0 Å². The number of hydrogen-bond acceptors (Lipinski definition) is 6. The molecule has 8 nitrogen and oxygen atoms in total. The predicted molar refractivity (Wildman–Crippen MR) is 113 cm³/mol. The largest absolute Gasteiger partial charge is 0.494 e. The van der Waals surface area contributed by atoms with E-state index in [1.807, 2.05) is 24.3 Å². The van der Waals surface area contributed by atoms with Crippen LogP contribution in [0.4, 0.5) is 0 Å². The van der Waals surface area contributed by atoms with Crippen molar-refractivity contribution in [3.63, 3.8) is 0 Å². The van der Waals surface area contributed by atoms with Crippen LogP contribution in [0.15, 0.2) is 59.7 Å². The van der Waals surface area contributed by atoms with Gasteiger partial charge in [-0.15, -0.1) is 0 Å². The molecule has 0 saturated heterocycles. The van der Waals surface area contributed by atoms with Gasteiger partial charge in [-0.05, 0) is 54.4 Å². The summed E-state index contributed by atoms with van der Waals surface area (Å²) in [7, 11) is 1.32. The fourth-order valence-corrected chi connectivity index (χ4v) is 2.58. The third kappa shape index (κ3) is 5.32. The lowest BCUT2D eigenvalue weighted by molar-refractivity contribution is 0.0600. The van der Waals surface area contributed by atoms with Crippen LogP contribution in [0.3, 0.4) is 0 Å². The van der Waals surface area contributed by atoms with Crippen LogP contribution < -0.4 is 10.2 Å². The molecule has 8 heteroatoms. The lowest BCUT2D eigenvalue weighted by atomic mass is 10.1. The van der Waals surface area contributed by atoms with Crippen LogP contribution in [0.1, 0.15) is 39.8 Å². The number of rotatable bonds is 8. The second-order valence-electron chi connectivity index (χ2n) is 6.35. The molecule has 3 aromatic rings. The molecular weight excluding hydrogens is 384 g/mol. The average molecular weight is 406 g/mol. The maximum absolute atomic E-state index is 12.3. The van der Waals surface area contributed by atoms with Gasteiger partial charge in [0.15, 0.2) is 0 Å². The molecule has 30 heavy (non-hydrogen) atoms. The number of ether oxygens (including phenoxy) is 2. The first-order chi connectivity index (χ1) is 14.6. The van der Waals surface area contributed by atoms with Gasteiger partial charge in [0.25, 0.3) is 5.91 Å². The van der Waals surface area contributed by atoms with Crippen LogP contribution in [-0.2, 0) is 4.74 Å². The Morgan fingerprint density at radius 3 is 2.53 bits per heavy atom. The van der Waals surface area contributed by atoms with Crippen LogP contribution in [0.25, 0.3) is 11.3 Å². The summed E-state index contributed by atoms with van der Waals surface area (Å²) in [4.78, 5) is 23.7. The molecule has 0 unspecified atom stereocenters. The van der Waals surface area contributed by atoms with Gasteiger partial charge in [0.05, 0.1) is 31.2 Å². The number of carbonyl (C=O) groups excluding carboxylic acids is 2. The van der Waals surface area contributed by atoms with E-state index in [2.05, 4.69) is 32.4 Å². The smallest absolute Gasteiger partial charge is 0.337 e. The quantitative estimate of drug-likeness (QED) is 0.339. The molecule has 3 rings (SSSR count). The van der Waals surface area contributed by atoms with Gasteiger partial charge >= 0.3 is 5.97 Å². The number of esters is 1. The zero-order valence-electron chi connectivity index (χ0n) is 16.7. The second kappa shape index (κ2) is 10.0. The Bertz CT molecular complexity index is 1020. The van der Waals surface area contributed by atoms with E-state index < -0.39 is 11.9 Å². The summed E-state index contributed by atoms with van der Waals surface area (Å²) < 4.78 is 10.2. The number of aromatic amines is 1. The summed E-state index contributed by atoms with van der Waals surface area (Å²) in [6, 6.07) is 15.8. The molecule has 0 bridgehead atoms. The third-order valence-electron chi connectivity index (χ3n) is 4.16. The van der Waals surface area contributed by atoms with Crippen molar-refractivity contribution in [1.82, 2.24) is 15.6 Å². The Morgan fingerprint density at radius 2 is 1.87 bits per heavy atom. The molecule has 0 aliphatic carbocycles. The van der Waals surface area contributed by atoms with Gasteiger partial charge in [0.2, 0.25) is 0 Å². The average Bonchev–Trinajstić information content (AvgIpc) is 3.28. The minimum atomic E-state index is -0.418. The van der Waals surface area contributed by atoms with E-state index in [0.29, 0.717) is 17.9 Å². The molecule has 2 aromatic carbocycles. The number of benzene rings is 2. The van der Waals surface area contributed by atoms with Gasteiger partial charge in [-0.2, -0.15) is 10.2 Å². The van der Waals surface area contributed by atoms with Crippen molar-refractivity contribution in [1.29, 1.82) is 0 Å². The Labute approximate surface area is 173 Å². The molecule has 0 saturated carbocycles. The highest BCUT2D eigenvalue weighted by atomic mass is 16.5. The molecular formula is C22H22N4O4. The molecule has 2 N–H and O–H groups in total. The van der Waals surface area contributed by atoms with Gasteiger partial charge in [0, 0.05) is 5.56 Å². The van der Waals surface area contributed by atoms with E-state index in [1.54, 1.807) is 30.3 Å². The van der Waals surface area contributed by atoms with Crippen molar-refractivity contribution in [2.75, 3.05) is 13.7 Å². The molecule has 1 aromatic heterocycles. The van der Waals surface area contributed by atoms with Crippen molar-refractivity contribution < 1.29 is 19.1 Å².